The van der Waals surface area contributed by atoms with Gasteiger partial charge in [-0.15, -0.1) is 0 Å². The lowest BCUT2D eigenvalue weighted by atomic mass is 10.1. The van der Waals surface area contributed by atoms with Crippen LogP contribution in [0.3, 0.4) is 0 Å². The number of rotatable bonds is 1. The monoisotopic (exact) mass is 265 g/mol. The highest BCUT2D eigenvalue weighted by Crippen LogP contribution is 2.19. The Hall–Kier alpha value is -1.42. The van der Waals surface area contributed by atoms with Gasteiger partial charge in [0.2, 0.25) is 0 Å². The molecule has 0 atom stereocenters. The van der Waals surface area contributed by atoms with Crippen LogP contribution in [0.15, 0.2) is 34.9 Å². The molecule has 0 fully saturated rings. The zero-order chi connectivity index (χ0) is 10.8. The van der Waals surface area contributed by atoms with E-state index in [9.17, 15) is 4.79 Å². The molecule has 0 aliphatic heterocycles. The summed E-state index contributed by atoms with van der Waals surface area (Å²) in [4.78, 5) is 15.3. The number of methoxy groups -OCH3 is 1. The normalized spacial score (nSPS) is 10.3. The van der Waals surface area contributed by atoms with Gasteiger partial charge in [0.15, 0.2) is 0 Å². The number of hydrogen-bond acceptors (Lipinski definition) is 3. The minimum absolute atomic E-state index is 0.326. The molecule has 0 unspecified atom stereocenters. The largest absolute Gasteiger partial charge is 0.464 e. The van der Waals surface area contributed by atoms with Crippen molar-refractivity contribution in [2.24, 2.45) is 0 Å². The number of fused-ring (bicyclic) bond motifs is 1. The summed E-state index contributed by atoms with van der Waals surface area (Å²) in [5.74, 6) is -0.417. The van der Waals surface area contributed by atoms with E-state index in [1.54, 1.807) is 12.3 Å². The Morgan fingerprint density at radius 1 is 1.33 bits per heavy atom. The van der Waals surface area contributed by atoms with E-state index in [0.717, 1.165) is 15.2 Å². The summed E-state index contributed by atoms with van der Waals surface area (Å²) in [5, 5.41) is 1.95. The van der Waals surface area contributed by atoms with Gasteiger partial charge in [0.25, 0.3) is 0 Å². The van der Waals surface area contributed by atoms with E-state index in [0.29, 0.717) is 5.69 Å². The van der Waals surface area contributed by atoms with Gasteiger partial charge in [0, 0.05) is 16.1 Å². The first-order valence-electron chi connectivity index (χ1n) is 4.34. The smallest absolute Gasteiger partial charge is 0.356 e. The van der Waals surface area contributed by atoms with Gasteiger partial charge in [0.1, 0.15) is 5.69 Å². The maximum atomic E-state index is 11.2. The summed E-state index contributed by atoms with van der Waals surface area (Å²) in [7, 11) is 1.34. The topological polar surface area (TPSA) is 39.2 Å². The maximum absolute atomic E-state index is 11.2. The Bertz CT molecular complexity index is 525. The number of esters is 1. The molecular weight excluding hydrogens is 258 g/mol. The summed E-state index contributed by atoms with van der Waals surface area (Å²) in [6.07, 6.45) is 1.66. The van der Waals surface area contributed by atoms with Crippen LogP contribution in [0, 0.1) is 0 Å². The van der Waals surface area contributed by atoms with Crippen LogP contribution in [0.4, 0.5) is 0 Å². The molecule has 0 N–H and O–H groups in total. The number of halogens is 1. The highest BCUT2D eigenvalue weighted by atomic mass is 79.9. The van der Waals surface area contributed by atoms with Crippen molar-refractivity contribution in [2.75, 3.05) is 7.11 Å². The second kappa shape index (κ2) is 3.98. The second-order valence-corrected chi connectivity index (χ2v) is 3.97. The molecule has 3 nitrogen and oxygen atoms in total. The third-order valence-electron chi connectivity index (χ3n) is 2.08. The first-order valence-corrected chi connectivity index (χ1v) is 5.13. The van der Waals surface area contributed by atoms with Crippen molar-refractivity contribution in [3.63, 3.8) is 0 Å². The quantitative estimate of drug-likeness (QED) is 0.745. The van der Waals surface area contributed by atoms with E-state index in [4.69, 9.17) is 0 Å². The van der Waals surface area contributed by atoms with Crippen molar-refractivity contribution in [3.05, 3.63) is 40.6 Å². The Kier molecular flexibility index (Phi) is 2.68. The molecule has 0 bridgehead atoms. The van der Waals surface area contributed by atoms with E-state index in [1.165, 1.54) is 7.11 Å². The van der Waals surface area contributed by atoms with Crippen molar-refractivity contribution < 1.29 is 9.53 Å². The van der Waals surface area contributed by atoms with Crippen molar-refractivity contribution in [2.45, 2.75) is 0 Å². The average molecular weight is 266 g/mol. The van der Waals surface area contributed by atoms with Crippen molar-refractivity contribution in [1.82, 2.24) is 4.98 Å². The van der Waals surface area contributed by atoms with E-state index in [2.05, 4.69) is 25.7 Å². The van der Waals surface area contributed by atoms with Gasteiger partial charge in [0.05, 0.1) is 7.11 Å². The number of aromatic nitrogens is 1. The molecule has 0 saturated heterocycles. The maximum Gasteiger partial charge on any atom is 0.356 e. The van der Waals surface area contributed by atoms with Gasteiger partial charge in [-0.05, 0) is 23.6 Å². The molecule has 1 heterocycles. The molecule has 0 saturated carbocycles. The molecule has 2 rings (SSSR count). The minimum atomic E-state index is -0.417. The first-order chi connectivity index (χ1) is 7.20. The number of ether oxygens (including phenoxy) is 1. The van der Waals surface area contributed by atoms with Crippen LogP contribution in [0.25, 0.3) is 10.8 Å². The molecular formula is C11H8BrNO2. The lowest BCUT2D eigenvalue weighted by molar-refractivity contribution is 0.0594. The van der Waals surface area contributed by atoms with Gasteiger partial charge in [-0.25, -0.2) is 9.78 Å². The Labute approximate surface area is 95.2 Å². The standard InChI is InChI=1S/C11H8BrNO2/c1-15-11(14)10-5-7-2-3-9(12)4-8(7)6-13-10/h2-6H,1H3. The molecule has 1 aromatic carbocycles. The highest BCUT2D eigenvalue weighted by molar-refractivity contribution is 9.10. The molecule has 1 aromatic heterocycles. The SMILES string of the molecule is COC(=O)c1cc2ccc(Br)cc2cn1. The van der Waals surface area contributed by atoms with Crippen LogP contribution in [0.5, 0.6) is 0 Å². The van der Waals surface area contributed by atoms with Crippen LogP contribution in [-0.2, 0) is 4.74 Å². The van der Waals surface area contributed by atoms with E-state index in [-0.39, 0.29) is 0 Å². The van der Waals surface area contributed by atoms with Crippen LogP contribution in [0.2, 0.25) is 0 Å². The van der Waals surface area contributed by atoms with Crippen LogP contribution in [0.1, 0.15) is 10.5 Å². The summed E-state index contributed by atoms with van der Waals surface area (Å²) in [6.45, 7) is 0. The average Bonchev–Trinajstić information content (AvgIpc) is 2.27. The molecule has 4 heteroatoms. The van der Waals surface area contributed by atoms with Gasteiger partial charge < -0.3 is 4.74 Å². The van der Waals surface area contributed by atoms with Crippen LogP contribution >= 0.6 is 15.9 Å². The van der Waals surface area contributed by atoms with Crippen molar-refractivity contribution in [3.8, 4) is 0 Å². The van der Waals surface area contributed by atoms with Gasteiger partial charge in [-0.2, -0.15) is 0 Å². The molecule has 0 aliphatic carbocycles. The van der Waals surface area contributed by atoms with Crippen LogP contribution in [-0.4, -0.2) is 18.1 Å². The van der Waals surface area contributed by atoms with Gasteiger partial charge >= 0.3 is 5.97 Å². The molecule has 76 valence electrons. The Morgan fingerprint density at radius 3 is 2.87 bits per heavy atom. The van der Waals surface area contributed by atoms with Crippen molar-refractivity contribution >= 4 is 32.7 Å². The predicted octanol–water partition coefficient (Wildman–Crippen LogP) is 2.78. The lowest BCUT2D eigenvalue weighted by Crippen LogP contribution is -2.03. The molecule has 0 radical (unpaired) electrons. The number of nitrogens with zero attached hydrogens (tertiary/aromatic N) is 1. The summed E-state index contributed by atoms with van der Waals surface area (Å²) in [6, 6.07) is 7.51. The molecule has 15 heavy (non-hydrogen) atoms. The fourth-order valence-electron chi connectivity index (χ4n) is 1.33. The zero-order valence-electron chi connectivity index (χ0n) is 8.03. The molecule has 0 spiro atoms. The van der Waals surface area contributed by atoms with E-state index < -0.39 is 5.97 Å². The van der Waals surface area contributed by atoms with Gasteiger partial charge in [-0.1, -0.05) is 22.0 Å². The number of hydrogen-bond donors (Lipinski definition) is 0. The fourth-order valence-corrected chi connectivity index (χ4v) is 1.71. The van der Waals surface area contributed by atoms with Crippen LogP contribution < -0.4 is 0 Å². The highest BCUT2D eigenvalue weighted by Gasteiger charge is 2.07. The Morgan fingerprint density at radius 2 is 2.13 bits per heavy atom. The lowest BCUT2D eigenvalue weighted by Gasteiger charge is -2.01. The summed E-state index contributed by atoms with van der Waals surface area (Å²) >= 11 is 3.37. The van der Waals surface area contributed by atoms with Crippen molar-refractivity contribution in [1.29, 1.82) is 0 Å². The molecule has 0 amide bonds. The second-order valence-electron chi connectivity index (χ2n) is 3.05. The first kappa shape index (κ1) is 10.1. The summed E-state index contributed by atoms with van der Waals surface area (Å²) < 4.78 is 5.59. The fraction of sp³-hybridized carbons (Fsp3) is 0.0909. The summed E-state index contributed by atoms with van der Waals surface area (Å²) in [5.41, 5.74) is 0.326. The van der Waals surface area contributed by atoms with Gasteiger partial charge in [-0.3, -0.25) is 0 Å². The van der Waals surface area contributed by atoms with E-state index >= 15 is 0 Å². The predicted molar refractivity (Wildman–Crippen MR) is 60.8 cm³/mol. The molecule has 0 aliphatic rings. The Balaban J connectivity index is 2.57. The number of benzene rings is 1. The number of pyridine rings is 1. The third-order valence-corrected chi connectivity index (χ3v) is 2.57. The molecule has 2 aromatic rings. The number of carbonyl (C=O) groups is 1. The third kappa shape index (κ3) is 1.99. The van der Waals surface area contributed by atoms with E-state index in [1.807, 2.05) is 18.2 Å². The number of carbonyl (C=O) groups excluding carboxylic acids is 1. The minimum Gasteiger partial charge on any atom is -0.464 e. The zero-order valence-corrected chi connectivity index (χ0v) is 9.61.